The van der Waals surface area contributed by atoms with Crippen LogP contribution >= 0.6 is 0 Å². The maximum absolute atomic E-state index is 12.4. The molecule has 8 heteroatoms. The minimum Gasteiger partial charge on any atom is -0.347 e. The van der Waals surface area contributed by atoms with Crippen molar-refractivity contribution in [2.75, 3.05) is 6.54 Å². The lowest BCUT2D eigenvalue weighted by atomic mass is 10.1. The number of carbonyl (C=O) groups excluding carboxylic acids is 1. The molecule has 1 aliphatic carbocycles. The van der Waals surface area contributed by atoms with Crippen LogP contribution in [0, 0.1) is 5.92 Å². The molecule has 2 rings (SSSR count). The van der Waals surface area contributed by atoms with Crippen molar-refractivity contribution < 1.29 is 31.1 Å². The van der Waals surface area contributed by atoms with Crippen LogP contribution in [0.5, 0.6) is 0 Å². The van der Waals surface area contributed by atoms with Gasteiger partial charge in [-0.15, -0.1) is 0 Å². The molecule has 0 bridgehead atoms. The smallest absolute Gasteiger partial charge is 0.347 e. The molecular weight excluding hydrogens is 300 g/mol. The van der Waals surface area contributed by atoms with Gasteiger partial charge in [-0.25, -0.2) is 0 Å². The highest BCUT2D eigenvalue weighted by atomic mass is 19.4. The third-order valence-corrected chi connectivity index (χ3v) is 3.26. The number of amides is 1. The minimum atomic E-state index is -4.48. The predicted octanol–water partition coefficient (Wildman–Crippen LogP) is 3.49. The van der Waals surface area contributed by atoms with Gasteiger partial charge in [-0.1, -0.05) is 12.1 Å². The first-order chi connectivity index (χ1) is 9.58. The van der Waals surface area contributed by atoms with Gasteiger partial charge in [-0.3, -0.25) is 4.79 Å². The van der Waals surface area contributed by atoms with Gasteiger partial charge in [0.2, 0.25) is 5.91 Å². The highest BCUT2D eigenvalue weighted by molar-refractivity contribution is 5.82. The van der Waals surface area contributed by atoms with Crippen LogP contribution in [0.1, 0.15) is 23.5 Å². The summed E-state index contributed by atoms with van der Waals surface area (Å²) >= 11 is 0. The van der Waals surface area contributed by atoms with Gasteiger partial charge in [0.05, 0.1) is 5.56 Å². The van der Waals surface area contributed by atoms with Gasteiger partial charge in [0.15, 0.2) is 0 Å². The van der Waals surface area contributed by atoms with Crippen LogP contribution < -0.4 is 5.32 Å². The van der Waals surface area contributed by atoms with Gasteiger partial charge in [0, 0.05) is 5.92 Å². The summed E-state index contributed by atoms with van der Waals surface area (Å²) in [7, 11) is 0. The standard InChI is InChI=1S/C13H11F6NO/c14-12(15,16)6-20-11(21)10-5-9(10)7-1-3-8(4-2-7)13(17,18)19/h1-4,9-10H,5-6H2,(H,20,21). The zero-order valence-corrected chi connectivity index (χ0v) is 10.6. The lowest BCUT2D eigenvalue weighted by Gasteiger charge is -2.09. The van der Waals surface area contributed by atoms with E-state index in [1.54, 1.807) is 5.32 Å². The fourth-order valence-corrected chi connectivity index (χ4v) is 2.09. The van der Waals surface area contributed by atoms with E-state index in [0.717, 1.165) is 12.1 Å². The first-order valence-corrected chi connectivity index (χ1v) is 6.09. The van der Waals surface area contributed by atoms with Crippen LogP contribution in [0.15, 0.2) is 24.3 Å². The van der Waals surface area contributed by atoms with E-state index in [1.165, 1.54) is 12.1 Å². The molecule has 2 nitrogen and oxygen atoms in total. The average molecular weight is 311 g/mol. The minimum absolute atomic E-state index is 0.319. The number of halogens is 6. The third-order valence-electron chi connectivity index (χ3n) is 3.26. The van der Waals surface area contributed by atoms with E-state index in [1.807, 2.05) is 0 Å². The van der Waals surface area contributed by atoms with Crippen molar-refractivity contribution in [1.29, 1.82) is 0 Å². The highest BCUT2D eigenvalue weighted by Gasteiger charge is 2.45. The fraction of sp³-hybridized carbons (Fsp3) is 0.462. The molecule has 1 aromatic rings. The Morgan fingerprint density at radius 3 is 2.14 bits per heavy atom. The van der Waals surface area contributed by atoms with Crippen LogP contribution in [0.2, 0.25) is 0 Å². The monoisotopic (exact) mass is 311 g/mol. The van der Waals surface area contributed by atoms with E-state index < -0.39 is 36.3 Å². The Hall–Kier alpha value is -1.73. The van der Waals surface area contributed by atoms with Crippen LogP contribution in [-0.2, 0) is 11.0 Å². The largest absolute Gasteiger partial charge is 0.416 e. The van der Waals surface area contributed by atoms with Gasteiger partial charge in [0.25, 0.3) is 0 Å². The van der Waals surface area contributed by atoms with Crippen LogP contribution in [-0.4, -0.2) is 18.6 Å². The SMILES string of the molecule is O=C(NCC(F)(F)F)C1CC1c1ccc(C(F)(F)F)cc1. The van der Waals surface area contributed by atoms with Crippen LogP contribution in [0.25, 0.3) is 0 Å². The number of alkyl halides is 6. The second-order valence-electron chi connectivity index (χ2n) is 4.90. The maximum atomic E-state index is 12.4. The Balaban J connectivity index is 1.93. The van der Waals surface area contributed by atoms with Crippen molar-refractivity contribution in [3.05, 3.63) is 35.4 Å². The Labute approximate surface area is 116 Å². The van der Waals surface area contributed by atoms with Crippen LogP contribution in [0.3, 0.4) is 0 Å². The molecule has 1 fully saturated rings. The van der Waals surface area contributed by atoms with Crippen molar-refractivity contribution in [3.63, 3.8) is 0 Å². The number of hydrogen-bond donors (Lipinski definition) is 1. The molecule has 0 aliphatic heterocycles. The first-order valence-electron chi connectivity index (χ1n) is 6.09. The molecule has 0 heterocycles. The molecule has 1 amide bonds. The summed E-state index contributed by atoms with van der Waals surface area (Å²) < 4.78 is 73.0. The van der Waals surface area contributed by atoms with Crippen LogP contribution in [0.4, 0.5) is 26.3 Å². The van der Waals surface area contributed by atoms with Crippen molar-refractivity contribution in [2.24, 2.45) is 5.92 Å². The number of benzene rings is 1. The summed E-state index contributed by atoms with van der Waals surface area (Å²) in [6, 6.07) is 4.31. The van der Waals surface area contributed by atoms with Gasteiger partial charge < -0.3 is 5.32 Å². The maximum Gasteiger partial charge on any atom is 0.416 e. The molecule has 116 valence electrons. The predicted molar refractivity (Wildman–Crippen MR) is 61.4 cm³/mol. The fourth-order valence-electron chi connectivity index (χ4n) is 2.09. The zero-order chi connectivity index (χ0) is 15.8. The summed E-state index contributed by atoms with van der Waals surface area (Å²) in [5, 5.41) is 1.78. The molecule has 0 saturated heterocycles. The Kier molecular flexibility index (Phi) is 3.90. The van der Waals surface area contributed by atoms with Crippen molar-refractivity contribution in [1.82, 2.24) is 5.32 Å². The Morgan fingerprint density at radius 2 is 1.67 bits per heavy atom. The molecule has 0 spiro atoms. The molecule has 1 saturated carbocycles. The number of hydrogen-bond acceptors (Lipinski definition) is 1. The molecule has 1 aromatic carbocycles. The van der Waals surface area contributed by atoms with Crippen molar-refractivity contribution in [2.45, 2.75) is 24.7 Å². The summed E-state index contributed by atoms with van der Waals surface area (Å²) in [5.41, 5.74) is -0.278. The second-order valence-corrected chi connectivity index (χ2v) is 4.90. The summed E-state index contributed by atoms with van der Waals surface area (Å²) in [4.78, 5) is 11.5. The second kappa shape index (κ2) is 5.23. The number of rotatable bonds is 3. The lowest BCUT2D eigenvalue weighted by Crippen LogP contribution is -2.34. The van der Waals surface area contributed by atoms with Crippen molar-refractivity contribution >= 4 is 5.91 Å². The zero-order valence-electron chi connectivity index (χ0n) is 10.6. The summed E-state index contributed by atoms with van der Waals surface area (Å²) in [6.45, 7) is -1.40. The molecule has 2 atom stereocenters. The van der Waals surface area contributed by atoms with Gasteiger partial charge in [-0.05, 0) is 30.0 Å². The molecule has 1 aliphatic rings. The van der Waals surface area contributed by atoms with E-state index in [0.29, 0.717) is 12.0 Å². The summed E-state index contributed by atoms with van der Waals surface area (Å²) in [6.07, 6.45) is -8.57. The lowest BCUT2D eigenvalue weighted by molar-refractivity contribution is -0.139. The normalized spacial score (nSPS) is 22.0. The molecule has 1 N–H and O–H groups in total. The average Bonchev–Trinajstić information content (AvgIpc) is 3.14. The quantitative estimate of drug-likeness (QED) is 0.851. The Bertz CT molecular complexity index is 519. The van der Waals surface area contributed by atoms with E-state index >= 15 is 0 Å². The molecule has 0 radical (unpaired) electrons. The van der Waals surface area contributed by atoms with E-state index in [9.17, 15) is 31.1 Å². The number of nitrogens with one attached hydrogen (secondary N) is 1. The molecule has 21 heavy (non-hydrogen) atoms. The molecular formula is C13H11F6NO. The van der Waals surface area contributed by atoms with Crippen molar-refractivity contribution in [3.8, 4) is 0 Å². The first kappa shape index (κ1) is 15.7. The van der Waals surface area contributed by atoms with Gasteiger partial charge in [-0.2, -0.15) is 26.3 Å². The molecule has 2 unspecified atom stereocenters. The summed E-state index contributed by atoms with van der Waals surface area (Å²) in [5.74, 6) is -1.65. The third kappa shape index (κ3) is 4.12. The van der Waals surface area contributed by atoms with Gasteiger partial charge in [0.1, 0.15) is 6.54 Å². The van der Waals surface area contributed by atoms with E-state index in [-0.39, 0.29) is 5.92 Å². The van der Waals surface area contributed by atoms with E-state index in [4.69, 9.17) is 0 Å². The van der Waals surface area contributed by atoms with Gasteiger partial charge >= 0.3 is 12.4 Å². The topological polar surface area (TPSA) is 29.1 Å². The highest BCUT2D eigenvalue weighted by Crippen LogP contribution is 2.48. The molecule has 0 aromatic heterocycles. The Morgan fingerprint density at radius 1 is 1.10 bits per heavy atom. The van der Waals surface area contributed by atoms with E-state index in [2.05, 4.69) is 0 Å². The number of carbonyl (C=O) groups is 1.